The van der Waals surface area contributed by atoms with Crippen molar-refractivity contribution in [3.8, 4) is 0 Å². The van der Waals surface area contributed by atoms with E-state index >= 15 is 0 Å². The van der Waals surface area contributed by atoms with E-state index in [2.05, 4.69) is 11.8 Å². The van der Waals surface area contributed by atoms with Crippen molar-refractivity contribution in [1.29, 1.82) is 0 Å². The summed E-state index contributed by atoms with van der Waals surface area (Å²) in [4.78, 5) is 13.2. The molecule has 1 aliphatic rings. The number of aliphatic hydroxyl groups is 1. The Labute approximate surface area is 102 Å². The molecular weight excluding hydrogens is 222 g/mol. The molecule has 2 N–H and O–H groups in total. The van der Waals surface area contributed by atoms with Gasteiger partial charge < -0.3 is 14.9 Å². The van der Waals surface area contributed by atoms with Crippen molar-refractivity contribution in [3.63, 3.8) is 0 Å². The molecule has 100 valence electrons. The third-order valence-electron chi connectivity index (χ3n) is 3.18. The smallest absolute Gasteiger partial charge is 0.310 e. The van der Waals surface area contributed by atoms with Crippen molar-refractivity contribution in [2.75, 3.05) is 26.3 Å². The van der Waals surface area contributed by atoms with Gasteiger partial charge in [0.25, 0.3) is 0 Å². The lowest BCUT2D eigenvalue weighted by Gasteiger charge is -2.30. The maximum absolute atomic E-state index is 11.1. The van der Waals surface area contributed by atoms with E-state index in [-0.39, 0.29) is 12.1 Å². The third kappa shape index (κ3) is 4.26. The maximum atomic E-state index is 11.1. The van der Waals surface area contributed by atoms with Crippen molar-refractivity contribution in [2.24, 2.45) is 5.92 Å². The average molecular weight is 245 g/mol. The molecule has 3 atom stereocenters. The van der Waals surface area contributed by atoms with E-state index < -0.39 is 11.9 Å². The lowest BCUT2D eigenvalue weighted by molar-refractivity contribution is -0.143. The summed E-state index contributed by atoms with van der Waals surface area (Å²) in [5, 5.41) is 18.4. The second kappa shape index (κ2) is 6.93. The second-order valence-electron chi connectivity index (χ2n) is 4.72. The van der Waals surface area contributed by atoms with Crippen LogP contribution in [-0.2, 0) is 9.53 Å². The monoisotopic (exact) mass is 245 g/mol. The van der Waals surface area contributed by atoms with Crippen molar-refractivity contribution >= 4 is 5.97 Å². The molecule has 0 aromatic carbocycles. The van der Waals surface area contributed by atoms with Crippen LogP contribution in [0.4, 0.5) is 0 Å². The molecule has 1 fully saturated rings. The van der Waals surface area contributed by atoms with Crippen LogP contribution in [-0.4, -0.2) is 59.5 Å². The van der Waals surface area contributed by atoms with Crippen molar-refractivity contribution in [2.45, 2.75) is 38.8 Å². The summed E-state index contributed by atoms with van der Waals surface area (Å²) >= 11 is 0. The predicted molar refractivity (Wildman–Crippen MR) is 63.9 cm³/mol. The summed E-state index contributed by atoms with van der Waals surface area (Å²) in [6.45, 7) is 6.18. The van der Waals surface area contributed by atoms with Crippen LogP contribution in [0.5, 0.6) is 0 Å². The Hall–Kier alpha value is -0.650. The lowest BCUT2D eigenvalue weighted by Crippen LogP contribution is -2.44. The molecule has 1 aliphatic heterocycles. The van der Waals surface area contributed by atoms with Gasteiger partial charge in [-0.1, -0.05) is 6.92 Å². The van der Waals surface area contributed by atoms with Gasteiger partial charge >= 0.3 is 5.97 Å². The van der Waals surface area contributed by atoms with E-state index in [4.69, 9.17) is 9.84 Å². The fraction of sp³-hybridized carbons (Fsp3) is 0.917. The summed E-state index contributed by atoms with van der Waals surface area (Å²) in [5.41, 5.74) is 0. The number of ether oxygens (including phenoxy) is 1. The van der Waals surface area contributed by atoms with Gasteiger partial charge in [0.15, 0.2) is 0 Å². The average Bonchev–Trinajstić information content (AvgIpc) is 2.72. The van der Waals surface area contributed by atoms with Gasteiger partial charge in [0, 0.05) is 12.6 Å². The molecule has 1 rings (SSSR count). The van der Waals surface area contributed by atoms with Crippen LogP contribution in [0.15, 0.2) is 0 Å². The zero-order chi connectivity index (χ0) is 12.8. The molecule has 17 heavy (non-hydrogen) atoms. The van der Waals surface area contributed by atoms with E-state index in [1.165, 1.54) is 0 Å². The number of hydrogen-bond donors (Lipinski definition) is 2. The van der Waals surface area contributed by atoms with Gasteiger partial charge in [-0.25, -0.2) is 0 Å². The summed E-state index contributed by atoms with van der Waals surface area (Å²) < 4.78 is 5.28. The number of aliphatic hydroxyl groups excluding tert-OH is 1. The van der Waals surface area contributed by atoms with Crippen LogP contribution < -0.4 is 0 Å². The molecule has 0 aliphatic carbocycles. The molecule has 1 heterocycles. The highest BCUT2D eigenvalue weighted by atomic mass is 16.5. The number of aliphatic carboxylic acids is 1. The van der Waals surface area contributed by atoms with E-state index in [9.17, 15) is 9.90 Å². The molecule has 0 saturated carbocycles. The molecule has 0 aromatic heterocycles. The van der Waals surface area contributed by atoms with Crippen LogP contribution in [0.2, 0.25) is 0 Å². The Bertz CT molecular complexity index is 245. The molecule has 0 spiro atoms. The number of nitrogens with zero attached hydrogens (tertiary/aromatic N) is 1. The van der Waals surface area contributed by atoms with Gasteiger partial charge in [0.05, 0.1) is 25.2 Å². The number of rotatable bonds is 7. The van der Waals surface area contributed by atoms with Crippen molar-refractivity contribution < 1.29 is 19.7 Å². The molecule has 5 heteroatoms. The van der Waals surface area contributed by atoms with Crippen molar-refractivity contribution in [1.82, 2.24) is 4.90 Å². The van der Waals surface area contributed by atoms with Gasteiger partial charge in [0.2, 0.25) is 0 Å². The third-order valence-corrected chi connectivity index (χ3v) is 3.18. The molecule has 1 saturated heterocycles. The van der Waals surface area contributed by atoms with Crippen LogP contribution in [0, 0.1) is 5.92 Å². The van der Waals surface area contributed by atoms with Gasteiger partial charge in [-0.3, -0.25) is 9.69 Å². The normalized spacial score (nSPS) is 26.4. The molecule has 5 nitrogen and oxygen atoms in total. The zero-order valence-electron chi connectivity index (χ0n) is 10.6. The minimum atomic E-state index is -0.786. The predicted octanol–water partition coefficient (Wildman–Crippen LogP) is 0.569. The van der Waals surface area contributed by atoms with Gasteiger partial charge in [-0.15, -0.1) is 0 Å². The quantitative estimate of drug-likeness (QED) is 0.686. The minimum Gasteiger partial charge on any atom is -0.481 e. The molecule has 0 bridgehead atoms. The zero-order valence-corrected chi connectivity index (χ0v) is 10.6. The Kier molecular flexibility index (Phi) is 5.88. The van der Waals surface area contributed by atoms with Crippen molar-refractivity contribution in [3.05, 3.63) is 0 Å². The first-order valence-corrected chi connectivity index (χ1v) is 6.29. The Balaban J connectivity index is 2.58. The Morgan fingerprint density at radius 3 is 2.71 bits per heavy atom. The summed E-state index contributed by atoms with van der Waals surface area (Å²) in [6, 6.07) is -0.0498. The van der Waals surface area contributed by atoms with E-state index in [0.717, 1.165) is 19.5 Å². The SMILES string of the molecule is CCCN(CCC(C)O)C1COCC1C(=O)O. The number of hydrogen-bond acceptors (Lipinski definition) is 4. The van der Waals surface area contributed by atoms with Gasteiger partial charge in [-0.2, -0.15) is 0 Å². The van der Waals surface area contributed by atoms with Gasteiger partial charge in [-0.05, 0) is 26.3 Å². The minimum absolute atomic E-state index is 0.0498. The molecule has 0 amide bonds. The fourth-order valence-corrected chi connectivity index (χ4v) is 2.22. The number of carboxylic acids is 1. The summed E-state index contributed by atoms with van der Waals surface area (Å²) in [5.74, 6) is -1.22. The largest absolute Gasteiger partial charge is 0.481 e. The number of carboxylic acid groups (broad SMARTS) is 1. The van der Waals surface area contributed by atoms with Crippen LogP contribution in [0.1, 0.15) is 26.7 Å². The Morgan fingerprint density at radius 2 is 2.18 bits per heavy atom. The summed E-state index contributed by atoms with van der Waals surface area (Å²) in [7, 11) is 0. The first kappa shape index (κ1) is 14.4. The molecule has 0 aromatic rings. The second-order valence-corrected chi connectivity index (χ2v) is 4.72. The lowest BCUT2D eigenvalue weighted by atomic mass is 10.0. The van der Waals surface area contributed by atoms with E-state index in [1.807, 2.05) is 0 Å². The van der Waals surface area contributed by atoms with E-state index in [0.29, 0.717) is 19.6 Å². The maximum Gasteiger partial charge on any atom is 0.310 e. The highest BCUT2D eigenvalue weighted by molar-refractivity contribution is 5.71. The summed E-state index contributed by atoms with van der Waals surface area (Å²) in [6.07, 6.45) is 1.30. The first-order valence-electron chi connectivity index (χ1n) is 6.29. The standard InChI is InChI=1S/C12H23NO4/c1-3-5-13(6-4-9(2)14)11-8-17-7-10(11)12(15)16/h9-11,14H,3-8H2,1-2H3,(H,15,16). The van der Waals surface area contributed by atoms with E-state index in [1.54, 1.807) is 6.92 Å². The Morgan fingerprint density at radius 1 is 1.47 bits per heavy atom. The fourth-order valence-electron chi connectivity index (χ4n) is 2.22. The molecule has 3 unspecified atom stereocenters. The first-order chi connectivity index (χ1) is 8.06. The highest BCUT2D eigenvalue weighted by Gasteiger charge is 2.37. The number of carbonyl (C=O) groups is 1. The van der Waals surface area contributed by atoms with Crippen LogP contribution >= 0.6 is 0 Å². The molecule has 0 radical (unpaired) electrons. The van der Waals surface area contributed by atoms with Crippen LogP contribution in [0.3, 0.4) is 0 Å². The van der Waals surface area contributed by atoms with Crippen LogP contribution in [0.25, 0.3) is 0 Å². The van der Waals surface area contributed by atoms with Gasteiger partial charge in [0.1, 0.15) is 0 Å². The molecular formula is C12H23NO4. The topological polar surface area (TPSA) is 70.0 Å². The highest BCUT2D eigenvalue weighted by Crippen LogP contribution is 2.20.